The Balaban J connectivity index is 2.34. The number of rotatable bonds is 4. The molecule has 1 amide bonds. The lowest BCUT2D eigenvalue weighted by atomic mass is 10.1. The topological polar surface area (TPSA) is 46.3 Å². The average molecular weight is 276 g/mol. The molecule has 0 spiro atoms. The van der Waals surface area contributed by atoms with Crippen LogP contribution in [0.4, 0.5) is 5.69 Å². The summed E-state index contributed by atoms with van der Waals surface area (Å²) in [5.41, 5.74) is 7.93. The van der Waals surface area contributed by atoms with Gasteiger partial charge in [-0.25, -0.2) is 0 Å². The average Bonchev–Trinajstić information content (AvgIpc) is 2.71. The third kappa shape index (κ3) is 2.73. The lowest BCUT2D eigenvalue weighted by molar-refractivity contribution is 0.0799. The van der Waals surface area contributed by atoms with E-state index in [0.29, 0.717) is 10.6 Å². The number of fused-ring (bicyclic) bond motifs is 1. The van der Waals surface area contributed by atoms with Crippen LogP contribution < -0.4 is 5.73 Å². The van der Waals surface area contributed by atoms with Crippen LogP contribution in [0.3, 0.4) is 0 Å². The molecule has 0 saturated carbocycles. The summed E-state index contributed by atoms with van der Waals surface area (Å²) in [6.07, 6.45) is 2.10. The lowest BCUT2D eigenvalue weighted by Crippen LogP contribution is -2.27. The number of benzene rings is 1. The third-order valence-electron chi connectivity index (χ3n) is 3.27. The molecule has 102 valence electrons. The summed E-state index contributed by atoms with van der Waals surface area (Å²) in [6, 6.07) is 6.11. The number of nitrogens with two attached hydrogens (primary N) is 1. The number of nitrogen functional groups attached to an aromatic ring is 1. The van der Waals surface area contributed by atoms with Gasteiger partial charge in [-0.1, -0.05) is 25.5 Å². The van der Waals surface area contributed by atoms with E-state index in [4.69, 9.17) is 5.73 Å². The third-order valence-corrected chi connectivity index (χ3v) is 4.43. The van der Waals surface area contributed by atoms with E-state index in [9.17, 15) is 4.79 Å². The van der Waals surface area contributed by atoms with E-state index in [0.717, 1.165) is 29.5 Å². The highest BCUT2D eigenvalue weighted by atomic mass is 32.1. The number of anilines is 1. The van der Waals surface area contributed by atoms with Crippen LogP contribution in [0.1, 0.15) is 35.0 Å². The first-order valence-electron chi connectivity index (χ1n) is 6.58. The maximum atomic E-state index is 12.4. The highest BCUT2D eigenvalue weighted by Gasteiger charge is 2.19. The van der Waals surface area contributed by atoms with Crippen LogP contribution in [0, 0.1) is 6.92 Å². The maximum absolute atomic E-state index is 12.4. The second-order valence-electron chi connectivity index (χ2n) is 4.92. The minimum absolute atomic E-state index is 0.0322. The van der Waals surface area contributed by atoms with Crippen molar-refractivity contribution >= 4 is 33.0 Å². The first-order chi connectivity index (χ1) is 9.04. The molecule has 1 heterocycles. The molecule has 0 radical (unpaired) electrons. The van der Waals surface area contributed by atoms with E-state index < -0.39 is 0 Å². The number of amides is 1. The first-order valence-corrected chi connectivity index (χ1v) is 7.40. The molecule has 2 N–H and O–H groups in total. The first kappa shape index (κ1) is 13.9. The fraction of sp³-hybridized carbons (Fsp3) is 0.400. The minimum Gasteiger partial charge on any atom is -0.397 e. The van der Waals surface area contributed by atoms with Gasteiger partial charge in [-0.15, -0.1) is 11.3 Å². The molecule has 4 heteroatoms. The van der Waals surface area contributed by atoms with Crippen molar-refractivity contribution in [2.75, 3.05) is 19.3 Å². The molecule has 0 saturated heterocycles. The Hall–Kier alpha value is -1.55. The van der Waals surface area contributed by atoms with Gasteiger partial charge in [-0.05, 0) is 25.0 Å². The number of hydrogen-bond acceptors (Lipinski definition) is 3. The Morgan fingerprint density at radius 3 is 2.84 bits per heavy atom. The van der Waals surface area contributed by atoms with Crippen molar-refractivity contribution < 1.29 is 4.79 Å². The summed E-state index contributed by atoms with van der Waals surface area (Å²) >= 11 is 1.49. The lowest BCUT2D eigenvalue weighted by Gasteiger charge is -2.15. The van der Waals surface area contributed by atoms with Crippen LogP contribution >= 0.6 is 11.3 Å². The van der Waals surface area contributed by atoms with Crippen molar-refractivity contribution in [3.63, 3.8) is 0 Å². The predicted molar refractivity (Wildman–Crippen MR) is 82.8 cm³/mol. The maximum Gasteiger partial charge on any atom is 0.265 e. The van der Waals surface area contributed by atoms with Crippen LogP contribution in [0.25, 0.3) is 10.1 Å². The molecule has 0 aliphatic rings. The zero-order valence-electron chi connectivity index (χ0n) is 11.7. The van der Waals surface area contributed by atoms with Gasteiger partial charge in [0, 0.05) is 23.7 Å². The van der Waals surface area contributed by atoms with Gasteiger partial charge in [-0.2, -0.15) is 0 Å². The quantitative estimate of drug-likeness (QED) is 0.926. The second kappa shape index (κ2) is 5.61. The van der Waals surface area contributed by atoms with E-state index in [-0.39, 0.29) is 5.91 Å². The highest BCUT2D eigenvalue weighted by molar-refractivity contribution is 7.21. The smallest absolute Gasteiger partial charge is 0.265 e. The molecular weight excluding hydrogens is 256 g/mol. The van der Waals surface area contributed by atoms with Crippen molar-refractivity contribution in [3.05, 3.63) is 28.6 Å². The molecule has 0 aliphatic heterocycles. The van der Waals surface area contributed by atoms with Gasteiger partial charge in [0.2, 0.25) is 0 Å². The summed E-state index contributed by atoms with van der Waals surface area (Å²) < 4.78 is 1.09. The molecule has 0 unspecified atom stereocenters. The molecule has 0 atom stereocenters. The number of carbonyl (C=O) groups excluding carboxylic acids is 1. The summed E-state index contributed by atoms with van der Waals surface area (Å²) in [5.74, 6) is 0.0322. The monoisotopic (exact) mass is 276 g/mol. The van der Waals surface area contributed by atoms with Gasteiger partial charge in [0.15, 0.2) is 0 Å². The van der Waals surface area contributed by atoms with E-state index in [1.54, 1.807) is 4.90 Å². The molecule has 0 bridgehead atoms. The fourth-order valence-electron chi connectivity index (χ4n) is 2.05. The van der Waals surface area contributed by atoms with Gasteiger partial charge in [0.05, 0.1) is 5.69 Å². The molecule has 0 aliphatic carbocycles. The van der Waals surface area contributed by atoms with Crippen molar-refractivity contribution in [2.45, 2.75) is 26.7 Å². The fourth-order valence-corrected chi connectivity index (χ4v) is 3.27. The van der Waals surface area contributed by atoms with Crippen molar-refractivity contribution in [2.24, 2.45) is 0 Å². The summed E-state index contributed by atoms with van der Waals surface area (Å²) in [7, 11) is 1.84. The summed E-state index contributed by atoms with van der Waals surface area (Å²) in [6.45, 7) is 4.95. The highest BCUT2D eigenvalue weighted by Crippen LogP contribution is 2.34. The number of carbonyl (C=O) groups is 1. The molecular formula is C15H20N2OS. The van der Waals surface area contributed by atoms with Crippen LogP contribution in [0.15, 0.2) is 18.2 Å². The Labute approximate surface area is 118 Å². The van der Waals surface area contributed by atoms with Gasteiger partial charge < -0.3 is 10.6 Å². The molecule has 1 aromatic heterocycles. The van der Waals surface area contributed by atoms with Gasteiger partial charge in [0.25, 0.3) is 5.91 Å². The molecule has 0 fully saturated rings. The van der Waals surface area contributed by atoms with Crippen LogP contribution in [0.2, 0.25) is 0 Å². The molecule has 2 rings (SSSR count). The Kier molecular flexibility index (Phi) is 4.10. The molecule has 3 nitrogen and oxygen atoms in total. The zero-order valence-corrected chi connectivity index (χ0v) is 12.5. The SMILES string of the molecule is CCCCN(C)C(=O)c1sc2cc(C)ccc2c1N. The van der Waals surface area contributed by atoms with Crippen LogP contribution in [0.5, 0.6) is 0 Å². The predicted octanol–water partition coefficient (Wildman–Crippen LogP) is 3.66. The zero-order chi connectivity index (χ0) is 14.0. The van der Waals surface area contributed by atoms with Crippen molar-refractivity contribution in [1.29, 1.82) is 0 Å². The van der Waals surface area contributed by atoms with Crippen molar-refractivity contribution in [3.8, 4) is 0 Å². The molecule has 2 aromatic rings. The van der Waals surface area contributed by atoms with Crippen LogP contribution in [-0.4, -0.2) is 24.4 Å². The number of aryl methyl sites for hydroxylation is 1. The Bertz CT molecular complexity index is 603. The normalized spacial score (nSPS) is 10.9. The second-order valence-corrected chi connectivity index (χ2v) is 5.98. The minimum atomic E-state index is 0.0322. The number of unbranched alkanes of at least 4 members (excludes halogenated alkanes) is 1. The van der Waals surface area contributed by atoms with Gasteiger partial charge in [-0.3, -0.25) is 4.79 Å². The summed E-state index contributed by atoms with van der Waals surface area (Å²) in [5, 5.41) is 0.989. The van der Waals surface area contributed by atoms with E-state index >= 15 is 0 Å². The van der Waals surface area contributed by atoms with Gasteiger partial charge in [0.1, 0.15) is 4.88 Å². The molecule has 1 aromatic carbocycles. The largest absolute Gasteiger partial charge is 0.397 e. The number of nitrogens with zero attached hydrogens (tertiary/aromatic N) is 1. The standard InChI is InChI=1S/C15H20N2OS/c1-4-5-8-17(3)15(18)14-13(16)11-7-6-10(2)9-12(11)19-14/h6-7,9H,4-5,8,16H2,1-3H3. The molecule has 19 heavy (non-hydrogen) atoms. The van der Waals surface area contributed by atoms with E-state index in [1.165, 1.54) is 16.9 Å². The van der Waals surface area contributed by atoms with Crippen LogP contribution in [-0.2, 0) is 0 Å². The van der Waals surface area contributed by atoms with E-state index in [1.807, 2.05) is 26.1 Å². The Morgan fingerprint density at radius 2 is 2.16 bits per heavy atom. The number of thiophene rings is 1. The summed E-state index contributed by atoms with van der Waals surface area (Å²) in [4.78, 5) is 14.8. The van der Waals surface area contributed by atoms with Gasteiger partial charge >= 0.3 is 0 Å². The Morgan fingerprint density at radius 1 is 1.42 bits per heavy atom. The van der Waals surface area contributed by atoms with E-state index in [2.05, 4.69) is 13.0 Å². The number of hydrogen-bond donors (Lipinski definition) is 1. The van der Waals surface area contributed by atoms with Crippen molar-refractivity contribution in [1.82, 2.24) is 4.90 Å².